The zero-order chi connectivity index (χ0) is 13.1. The van der Waals surface area contributed by atoms with Crippen LogP contribution in [0.5, 0.6) is 0 Å². The third-order valence-electron chi connectivity index (χ3n) is 3.32. The summed E-state index contributed by atoms with van der Waals surface area (Å²) in [6.45, 7) is 4.27. The zero-order valence-electron chi connectivity index (χ0n) is 10.7. The first kappa shape index (κ1) is 13.1. The van der Waals surface area contributed by atoms with Crippen LogP contribution in [0, 0.1) is 5.92 Å². The van der Waals surface area contributed by atoms with Crippen LogP contribution in [0.15, 0.2) is 30.5 Å². The maximum Gasteiger partial charge on any atom is 0.123 e. The molecule has 3 nitrogen and oxygen atoms in total. The number of nitrogens with zero attached hydrogens (tertiary/aromatic N) is 1. The lowest BCUT2D eigenvalue weighted by Crippen LogP contribution is -2.19. The lowest BCUT2D eigenvalue weighted by molar-refractivity contribution is 0.441. The molecular formula is C14H18ClN3. The Morgan fingerprint density at radius 3 is 2.61 bits per heavy atom. The highest BCUT2D eigenvalue weighted by atomic mass is 35.5. The second kappa shape index (κ2) is 5.55. The molecule has 4 heteroatoms. The van der Waals surface area contributed by atoms with Crippen molar-refractivity contribution in [1.82, 2.24) is 9.97 Å². The molecule has 0 aliphatic carbocycles. The molecule has 1 aromatic carbocycles. The Morgan fingerprint density at radius 2 is 2.00 bits per heavy atom. The van der Waals surface area contributed by atoms with Crippen LogP contribution in [-0.4, -0.2) is 9.97 Å². The zero-order valence-corrected chi connectivity index (χ0v) is 11.4. The monoisotopic (exact) mass is 263 g/mol. The predicted molar refractivity (Wildman–Crippen MR) is 75.4 cm³/mol. The van der Waals surface area contributed by atoms with Crippen molar-refractivity contribution in [2.45, 2.75) is 26.3 Å². The van der Waals surface area contributed by atoms with E-state index >= 15 is 0 Å². The van der Waals surface area contributed by atoms with Crippen LogP contribution in [0.4, 0.5) is 0 Å². The van der Waals surface area contributed by atoms with Gasteiger partial charge in [0.1, 0.15) is 5.82 Å². The summed E-state index contributed by atoms with van der Waals surface area (Å²) < 4.78 is 0. The number of halogens is 1. The van der Waals surface area contributed by atoms with Crippen LogP contribution >= 0.6 is 11.6 Å². The molecule has 0 aliphatic rings. The maximum absolute atomic E-state index is 6.15. The average Bonchev–Trinajstić information content (AvgIpc) is 2.87. The third kappa shape index (κ3) is 2.74. The van der Waals surface area contributed by atoms with Crippen molar-refractivity contribution < 1.29 is 0 Å². The summed E-state index contributed by atoms with van der Waals surface area (Å²) in [5.41, 5.74) is 8.19. The molecule has 0 aliphatic heterocycles. The number of aromatic amines is 1. The molecule has 0 spiro atoms. The summed E-state index contributed by atoms with van der Waals surface area (Å²) in [6, 6.07) is 7.62. The van der Waals surface area contributed by atoms with Crippen LogP contribution in [0.1, 0.15) is 32.1 Å². The number of H-pyrrole nitrogens is 1. The molecule has 0 saturated heterocycles. The van der Waals surface area contributed by atoms with Crippen molar-refractivity contribution >= 4 is 11.6 Å². The van der Waals surface area contributed by atoms with Crippen LogP contribution in [-0.2, 0) is 0 Å². The molecule has 2 aromatic rings. The van der Waals surface area contributed by atoms with Gasteiger partial charge in [0.05, 0.1) is 17.9 Å². The van der Waals surface area contributed by atoms with Gasteiger partial charge in [0, 0.05) is 5.02 Å². The van der Waals surface area contributed by atoms with Crippen molar-refractivity contribution in [1.29, 1.82) is 0 Å². The number of aromatic nitrogens is 2. The highest BCUT2D eigenvalue weighted by Gasteiger charge is 2.16. The lowest BCUT2D eigenvalue weighted by atomic mass is 10.00. The normalized spacial score (nSPS) is 14.4. The van der Waals surface area contributed by atoms with E-state index in [9.17, 15) is 0 Å². The Bertz CT molecular complexity index is 504. The smallest absolute Gasteiger partial charge is 0.123 e. The molecule has 3 N–H and O–H groups in total. The molecule has 0 saturated carbocycles. The van der Waals surface area contributed by atoms with E-state index < -0.39 is 0 Å². The quantitative estimate of drug-likeness (QED) is 0.882. The minimum absolute atomic E-state index is 0.0453. The summed E-state index contributed by atoms with van der Waals surface area (Å²) in [5, 5.41) is 0.731. The van der Waals surface area contributed by atoms with E-state index in [2.05, 4.69) is 23.8 Å². The number of hydrogen-bond donors (Lipinski definition) is 2. The summed E-state index contributed by atoms with van der Waals surface area (Å²) in [6.07, 6.45) is 2.86. The second-order valence-corrected chi connectivity index (χ2v) is 5.04. The van der Waals surface area contributed by atoms with Gasteiger partial charge in [-0.1, -0.05) is 44.0 Å². The van der Waals surface area contributed by atoms with E-state index in [1.54, 1.807) is 0 Å². The lowest BCUT2D eigenvalue weighted by Gasteiger charge is -2.15. The van der Waals surface area contributed by atoms with E-state index in [1.807, 2.05) is 30.5 Å². The summed E-state index contributed by atoms with van der Waals surface area (Å²) in [4.78, 5) is 7.66. The SMILES string of the molecule is CCC(C)C(N)c1ncc(-c2ccc(Cl)cc2)[nH]1. The van der Waals surface area contributed by atoms with E-state index in [1.165, 1.54) is 0 Å². The maximum atomic E-state index is 6.15. The fraction of sp³-hybridized carbons (Fsp3) is 0.357. The molecule has 2 rings (SSSR count). The molecular weight excluding hydrogens is 246 g/mol. The topological polar surface area (TPSA) is 54.7 Å². The number of imidazole rings is 1. The van der Waals surface area contributed by atoms with E-state index in [0.29, 0.717) is 5.92 Å². The van der Waals surface area contributed by atoms with Gasteiger partial charge in [-0.2, -0.15) is 0 Å². The van der Waals surface area contributed by atoms with Gasteiger partial charge in [-0.3, -0.25) is 0 Å². The van der Waals surface area contributed by atoms with Crippen molar-refractivity contribution in [3.63, 3.8) is 0 Å². The number of benzene rings is 1. The highest BCUT2D eigenvalue weighted by molar-refractivity contribution is 6.30. The highest BCUT2D eigenvalue weighted by Crippen LogP contribution is 2.24. The van der Waals surface area contributed by atoms with E-state index in [-0.39, 0.29) is 6.04 Å². The first-order chi connectivity index (χ1) is 8.61. The van der Waals surface area contributed by atoms with E-state index in [0.717, 1.165) is 28.5 Å². The van der Waals surface area contributed by atoms with Crippen molar-refractivity contribution in [2.75, 3.05) is 0 Å². The van der Waals surface area contributed by atoms with Gasteiger partial charge in [0.2, 0.25) is 0 Å². The Labute approximate surface area is 112 Å². The molecule has 96 valence electrons. The van der Waals surface area contributed by atoms with Crippen molar-refractivity contribution in [3.8, 4) is 11.3 Å². The Hall–Kier alpha value is -1.32. The number of rotatable bonds is 4. The minimum atomic E-state index is -0.0453. The van der Waals surface area contributed by atoms with Crippen LogP contribution in [0.3, 0.4) is 0 Å². The first-order valence-corrected chi connectivity index (χ1v) is 6.56. The summed E-state index contributed by atoms with van der Waals surface area (Å²) in [5.74, 6) is 1.25. The van der Waals surface area contributed by atoms with Gasteiger partial charge in [0.25, 0.3) is 0 Å². The van der Waals surface area contributed by atoms with Crippen molar-refractivity contribution in [3.05, 3.63) is 41.3 Å². The van der Waals surface area contributed by atoms with Gasteiger partial charge in [-0.15, -0.1) is 0 Å². The van der Waals surface area contributed by atoms with Crippen LogP contribution in [0.2, 0.25) is 5.02 Å². The van der Waals surface area contributed by atoms with Gasteiger partial charge < -0.3 is 10.7 Å². The number of hydrogen-bond acceptors (Lipinski definition) is 2. The Morgan fingerprint density at radius 1 is 1.33 bits per heavy atom. The van der Waals surface area contributed by atoms with Crippen molar-refractivity contribution in [2.24, 2.45) is 11.7 Å². The fourth-order valence-corrected chi connectivity index (χ4v) is 1.93. The largest absolute Gasteiger partial charge is 0.341 e. The fourth-order valence-electron chi connectivity index (χ4n) is 1.81. The first-order valence-electron chi connectivity index (χ1n) is 6.18. The third-order valence-corrected chi connectivity index (χ3v) is 3.58. The molecule has 2 unspecified atom stereocenters. The van der Waals surface area contributed by atoms with Gasteiger partial charge >= 0.3 is 0 Å². The van der Waals surface area contributed by atoms with E-state index in [4.69, 9.17) is 17.3 Å². The molecule has 0 radical (unpaired) electrons. The number of nitrogens with one attached hydrogen (secondary N) is 1. The van der Waals surface area contributed by atoms with Crippen LogP contribution in [0.25, 0.3) is 11.3 Å². The van der Waals surface area contributed by atoms with Gasteiger partial charge in [-0.05, 0) is 23.6 Å². The standard InChI is InChI=1S/C14H18ClN3/c1-3-9(2)13(16)14-17-8-12(18-14)10-4-6-11(15)7-5-10/h4-9,13H,3,16H2,1-2H3,(H,17,18). The van der Waals surface area contributed by atoms with Gasteiger partial charge in [-0.25, -0.2) is 4.98 Å². The molecule has 18 heavy (non-hydrogen) atoms. The molecule has 1 heterocycles. The second-order valence-electron chi connectivity index (χ2n) is 4.60. The Kier molecular flexibility index (Phi) is 4.04. The summed E-state index contributed by atoms with van der Waals surface area (Å²) >= 11 is 5.87. The Balaban J connectivity index is 2.22. The molecule has 0 bridgehead atoms. The van der Waals surface area contributed by atoms with Gasteiger partial charge in [0.15, 0.2) is 0 Å². The number of nitrogens with two attached hydrogens (primary N) is 1. The molecule has 1 aromatic heterocycles. The predicted octanol–water partition coefficient (Wildman–Crippen LogP) is 3.78. The molecule has 0 fully saturated rings. The molecule has 0 amide bonds. The molecule has 2 atom stereocenters. The average molecular weight is 264 g/mol. The summed E-state index contributed by atoms with van der Waals surface area (Å²) in [7, 11) is 0. The van der Waals surface area contributed by atoms with Crippen LogP contribution < -0.4 is 5.73 Å². The minimum Gasteiger partial charge on any atom is -0.341 e.